The van der Waals surface area contributed by atoms with E-state index in [0.29, 0.717) is 5.56 Å². The predicted octanol–water partition coefficient (Wildman–Crippen LogP) is 3.38. The molecule has 0 spiro atoms. The van der Waals surface area contributed by atoms with Crippen LogP contribution in [0.15, 0.2) is 36.5 Å². The van der Waals surface area contributed by atoms with Crippen LogP contribution in [0.2, 0.25) is 0 Å². The van der Waals surface area contributed by atoms with Crippen LogP contribution >= 0.6 is 0 Å². The maximum atomic E-state index is 13.3. The Morgan fingerprint density at radius 3 is 2.64 bits per heavy atom. The number of carbonyl (C=O) groups is 2. The monoisotopic (exact) mass is 348 g/mol. The molecular weight excluding hydrogens is 330 g/mol. The molecule has 1 N–H and O–H groups in total. The number of aromatic nitrogens is 1. The van der Waals surface area contributed by atoms with Gasteiger partial charge in [0.25, 0.3) is 5.91 Å². The Bertz CT molecular complexity index is 779. The molecule has 0 bridgehead atoms. The molecule has 0 aliphatic rings. The normalized spacial score (nSPS) is 10.6. The fourth-order valence-electron chi connectivity index (χ4n) is 2.04. The van der Waals surface area contributed by atoms with Crippen LogP contribution in [0.25, 0.3) is 0 Å². The number of nitrogens with zero attached hydrogens (tertiary/aromatic N) is 1. The Morgan fingerprint density at radius 1 is 1.20 bits per heavy atom. The molecule has 2 rings (SSSR count). The molecule has 0 saturated carbocycles. The lowest BCUT2D eigenvalue weighted by Gasteiger charge is -2.11. The van der Waals surface area contributed by atoms with Crippen molar-refractivity contribution in [2.45, 2.75) is 26.8 Å². The summed E-state index contributed by atoms with van der Waals surface area (Å²) in [5, 5.41) is 2.51. The Kier molecular flexibility index (Phi) is 6.16. The number of benzene rings is 1. The highest BCUT2D eigenvalue weighted by atomic mass is 19.2. The van der Waals surface area contributed by atoms with Gasteiger partial charge in [-0.05, 0) is 24.1 Å². The smallest absolute Gasteiger partial charge is 0.287 e. The molecule has 0 atom stereocenters. The molecule has 0 radical (unpaired) electrons. The molecule has 2 aromatic rings. The van der Waals surface area contributed by atoms with Gasteiger partial charge in [-0.15, -0.1) is 0 Å². The van der Waals surface area contributed by atoms with Crippen molar-refractivity contribution in [3.63, 3.8) is 0 Å². The summed E-state index contributed by atoms with van der Waals surface area (Å²) < 4.78 is 31.7. The quantitative estimate of drug-likeness (QED) is 0.779. The van der Waals surface area contributed by atoms with Crippen molar-refractivity contribution >= 4 is 11.7 Å². The average Bonchev–Trinajstić information content (AvgIpc) is 2.56. The van der Waals surface area contributed by atoms with Crippen molar-refractivity contribution in [1.29, 1.82) is 0 Å². The zero-order chi connectivity index (χ0) is 18.4. The van der Waals surface area contributed by atoms with Crippen LogP contribution < -0.4 is 10.1 Å². The first-order chi connectivity index (χ1) is 11.9. The molecule has 1 aromatic heterocycles. The third kappa shape index (κ3) is 5.34. The van der Waals surface area contributed by atoms with Gasteiger partial charge in [0, 0.05) is 30.8 Å². The summed E-state index contributed by atoms with van der Waals surface area (Å²) in [7, 11) is 0. The number of amides is 1. The number of Topliss-reactive ketones (excluding diaryl/α,β-unsaturated/α-hetero) is 1. The lowest BCUT2D eigenvalue weighted by atomic mass is 10.1. The highest BCUT2D eigenvalue weighted by Gasteiger charge is 2.16. The number of nitrogens with one attached hydrogen (secondary N) is 1. The minimum atomic E-state index is -1.04. The Morgan fingerprint density at radius 2 is 1.96 bits per heavy atom. The number of hydrogen-bond acceptors (Lipinski definition) is 4. The van der Waals surface area contributed by atoms with Crippen molar-refractivity contribution in [1.82, 2.24) is 10.3 Å². The lowest BCUT2D eigenvalue weighted by molar-refractivity contribution is -0.138. The summed E-state index contributed by atoms with van der Waals surface area (Å²) in [6, 6.07) is 6.39. The van der Waals surface area contributed by atoms with Crippen molar-refractivity contribution in [3.8, 4) is 11.6 Å². The van der Waals surface area contributed by atoms with E-state index in [0.717, 1.165) is 12.1 Å². The topological polar surface area (TPSA) is 68.3 Å². The number of pyridine rings is 1. The van der Waals surface area contributed by atoms with Gasteiger partial charge < -0.3 is 10.1 Å². The number of ether oxygens (including phenoxy) is 1. The van der Waals surface area contributed by atoms with E-state index in [1.165, 1.54) is 12.3 Å². The molecule has 0 aliphatic heterocycles. The van der Waals surface area contributed by atoms with Crippen LogP contribution in [-0.2, 0) is 16.1 Å². The van der Waals surface area contributed by atoms with E-state index < -0.39 is 23.3 Å². The van der Waals surface area contributed by atoms with E-state index in [4.69, 9.17) is 4.74 Å². The van der Waals surface area contributed by atoms with Crippen molar-refractivity contribution in [2.24, 2.45) is 5.92 Å². The van der Waals surface area contributed by atoms with Crippen LogP contribution in [0.4, 0.5) is 8.78 Å². The van der Waals surface area contributed by atoms with Crippen LogP contribution in [0.1, 0.15) is 25.8 Å². The Balaban J connectivity index is 2.06. The minimum absolute atomic E-state index is 0.0233. The van der Waals surface area contributed by atoms with Gasteiger partial charge in [-0.2, -0.15) is 0 Å². The first-order valence-electron chi connectivity index (χ1n) is 7.74. The average molecular weight is 348 g/mol. The zero-order valence-electron chi connectivity index (χ0n) is 13.9. The largest absolute Gasteiger partial charge is 0.439 e. The number of rotatable bonds is 7. The van der Waals surface area contributed by atoms with Crippen molar-refractivity contribution in [3.05, 3.63) is 53.7 Å². The van der Waals surface area contributed by atoms with Gasteiger partial charge in [0.15, 0.2) is 11.6 Å². The van der Waals surface area contributed by atoms with E-state index in [-0.39, 0.29) is 30.5 Å². The molecule has 1 heterocycles. The second-order valence-electron chi connectivity index (χ2n) is 5.85. The Hall–Kier alpha value is -2.83. The van der Waals surface area contributed by atoms with Crippen molar-refractivity contribution < 1.29 is 23.1 Å². The SMILES string of the molecule is CC(C)CC(=O)C(=O)NCc1cccnc1Oc1ccc(F)c(F)c1. The van der Waals surface area contributed by atoms with Gasteiger partial charge in [-0.1, -0.05) is 19.9 Å². The molecular formula is C18H18F2N2O3. The molecule has 0 fully saturated rings. The summed E-state index contributed by atoms with van der Waals surface area (Å²) >= 11 is 0. The zero-order valence-corrected chi connectivity index (χ0v) is 13.9. The number of ketones is 1. The minimum Gasteiger partial charge on any atom is -0.439 e. The lowest BCUT2D eigenvalue weighted by Crippen LogP contribution is -2.31. The molecule has 5 nitrogen and oxygen atoms in total. The van der Waals surface area contributed by atoms with E-state index in [1.54, 1.807) is 12.1 Å². The summed E-state index contributed by atoms with van der Waals surface area (Å²) in [5.74, 6) is -2.92. The maximum Gasteiger partial charge on any atom is 0.287 e. The highest BCUT2D eigenvalue weighted by molar-refractivity contribution is 6.36. The van der Waals surface area contributed by atoms with Crippen LogP contribution in [0.3, 0.4) is 0 Å². The van der Waals surface area contributed by atoms with Gasteiger partial charge in [-0.25, -0.2) is 13.8 Å². The summed E-state index contributed by atoms with van der Waals surface area (Å²) in [4.78, 5) is 27.5. The molecule has 0 unspecified atom stereocenters. The first-order valence-corrected chi connectivity index (χ1v) is 7.74. The van der Waals surface area contributed by atoms with Crippen LogP contribution in [-0.4, -0.2) is 16.7 Å². The summed E-state index contributed by atoms with van der Waals surface area (Å²) in [6.07, 6.45) is 1.63. The summed E-state index contributed by atoms with van der Waals surface area (Å²) in [5.41, 5.74) is 0.498. The van der Waals surface area contributed by atoms with Gasteiger partial charge in [0.05, 0.1) is 0 Å². The molecule has 7 heteroatoms. The molecule has 132 valence electrons. The molecule has 0 aliphatic carbocycles. The fourth-order valence-corrected chi connectivity index (χ4v) is 2.04. The Labute approximate surface area is 144 Å². The third-order valence-corrected chi connectivity index (χ3v) is 3.24. The van der Waals surface area contributed by atoms with Crippen LogP contribution in [0.5, 0.6) is 11.6 Å². The van der Waals surface area contributed by atoms with E-state index in [2.05, 4.69) is 10.3 Å². The van der Waals surface area contributed by atoms with E-state index >= 15 is 0 Å². The van der Waals surface area contributed by atoms with E-state index in [1.807, 2.05) is 13.8 Å². The van der Waals surface area contributed by atoms with Crippen LogP contribution in [0, 0.1) is 17.6 Å². The molecule has 1 aromatic carbocycles. The maximum absolute atomic E-state index is 13.3. The first kappa shape index (κ1) is 18.5. The van der Waals surface area contributed by atoms with Gasteiger partial charge in [0.1, 0.15) is 5.75 Å². The highest BCUT2D eigenvalue weighted by Crippen LogP contribution is 2.24. The summed E-state index contributed by atoms with van der Waals surface area (Å²) in [6.45, 7) is 3.72. The second-order valence-corrected chi connectivity index (χ2v) is 5.85. The number of hydrogen-bond donors (Lipinski definition) is 1. The standard InChI is InChI=1S/C18H18F2N2O3/c1-11(2)8-16(23)17(24)22-10-12-4-3-7-21-18(12)25-13-5-6-14(19)15(20)9-13/h3-7,9,11H,8,10H2,1-2H3,(H,22,24). The molecule has 0 saturated heterocycles. The molecule has 25 heavy (non-hydrogen) atoms. The van der Waals surface area contributed by atoms with Gasteiger partial charge in [-0.3, -0.25) is 9.59 Å². The van der Waals surface area contributed by atoms with Gasteiger partial charge in [0.2, 0.25) is 11.7 Å². The van der Waals surface area contributed by atoms with E-state index in [9.17, 15) is 18.4 Å². The number of carbonyl (C=O) groups excluding carboxylic acids is 2. The molecule has 1 amide bonds. The number of halogens is 2. The second kappa shape index (κ2) is 8.32. The third-order valence-electron chi connectivity index (χ3n) is 3.24. The predicted molar refractivity (Wildman–Crippen MR) is 87.0 cm³/mol. The fraction of sp³-hybridized carbons (Fsp3) is 0.278. The van der Waals surface area contributed by atoms with Crippen molar-refractivity contribution in [2.75, 3.05) is 0 Å². The van der Waals surface area contributed by atoms with Gasteiger partial charge >= 0.3 is 0 Å².